The maximum absolute atomic E-state index is 13.4. The average molecular weight is 522 g/mol. The largest absolute Gasteiger partial charge is 0.342 e. The maximum Gasteiger partial charge on any atom is 0.162 e. The number of rotatable bonds is 3. The van der Waals surface area contributed by atoms with Gasteiger partial charge in [0.25, 0.3) is 0 Å². The molecular formula is C28H26BrClN2O. The second-order valence-electron chi connectivity index (χ2n) is 9.60. The van der Waals surface area contributed by atoms with Gasteiger partial charge in [-0.15, -0.1) is 0 Å². The molecule has 3 aromatic carbocycles. The molecule has 0 bridgehead atoms. The quantitative estimate of drug-likeness (QED) is 0.352. The number of allylic oxidation sites excluding steroid dienone is 1. The summed E-state index contributed by atoms with van der Waals surface area (Å²) >= 11 is 9.99. The zero-order chi connectivity index (χ0) is 23.2. The molecule has 0 spiro atoms. The van der Waals surface area contributed by atoms with Crippen LogP contribution >= 0.6 is 27.5 Å². The first-order valence-electron chi connectivity index (χ1n) is 11.2. The van der Waals surface area contributed by atoms with Gasteiger partial charge in [-0.05, 0) is 59.9 Å². The Morgan fingerprint density at radius 2 is 1.61 bits per heavy atom. The number of para-hydroxylation sites is 1. The van der Waals surface area contributed by atoms with Crippen molar-refractivity contribution in [1.82, 2.24) is 0 Å². The number of anilines is 2. The molecule has 0 amide bonds. The lowest BCUT2D eigenvalue weighted by atomic mass is 9.74. The van der Waals surface area contributed by atoms with Gasteiger partial charge in [-0.1, -0.05) is 77.8 Å². The van der Waals surface area contributed by atoms with Crippen LogP contribution in [0.1, 0.15) is 38.4 Å². The normalized spacial score (nSPS) is 20.1. The summed E-state index contributed by atoms with van der Waals surface area (Å²) in [5, 5.41) is 0.684. The lowest BCUT2D eigenvalue weighted by Gasteiger charge is -2.51. The molecule has 0 aromatic heterocycles. The number of hydrogen-bond acceptors (Lipinski definition) is 3. The second kappa shape index (κ2) is 8.66. The van der Waals surface area contributed by atoms with Crippen molar-refractivity contribution in [2.24, 2.45) is 5.41 Å². The second-order valence-corrected chi connectivity index (χ2v) is 11.0. The fraction of sp³-hybridized carbons (Fsp3) is 0.250. The molecule has 0 radical (unpaired) electrons. The SMILES string of the molecule is CC1(C)CC(=O)C2=C(C1)N(c1ccccc1)C(c1ccc(Br)cc1)N(c1cccc(Cl)c1)C2. The number of benzene rings is 3. The van der Waals surface area contributed by atoms with Gasteiger partial charge in [0.05, 0.1) is 6.54 Å². The number of hydrogen-bond donors (Lipinski definition) is 0. The van der Waals surface area contributed by atoms with Crippen LogP contribution in [0.25, 0.3) is 0 Å². The summed E-state index contributed by atoms with van der Waals surface area (Å²) in [7, 11) is 0. The first-order valence-corrected chi connectivity index (χ1v) is 12.4. The van der Waals surface area contributed by atoms with E-state index in [1.54, 1.807) is 0 Å². The first-order chi connectivity index (χ1) is 15.8. The summed E-state index contributed by atoms with van der Waals surface area (Å²) in [5.41, 5.74) is 5.20. The molecule has 1 aliphatic heterocycles. The fourth-order valence-corrected chi connectivity index (χ4v) is 5.46. The van der Waals surface area contributed by atoms with Crippen LogP contribution < -0.4 is 9.80 Å². The smallest absolute Gasteiger partial charge is 0.162 e. The monoisotopic (exact) mass is 520 g/mol. The molecule has 33 heavy (non-hydrogen) atoms. The Kier molecular flexibility index (Phi) is 5.84. The molecular weight excluding hydrogens is 496 g/mol. The zero-order valence-corrected chi connectivity index (χ0v) is 21.1. The van der Waals surface area contributed by atoms with Crippen molar-refractivity contribution in [3.8, 4) is 0 Å². The van der Waals surface area contributed by atoms with Gasteiger partial charge in [-0.3, -0.25) is 4.79 Å². The molecule has 1 atom stereocenters. The highest BCUT2D eigenvalue weighted by Crippen LogP contribution is 2.48. The fourth-order valence-electron chi connectivity index (χ4n) is 5.02. The topological polar surface area (TPSA) is 23.6 Å². The molecule has 2 aliphatic rings. The van der Waals surface area contributed by atoms with Gasteiger partial charge in [-0.2, -0.15) is 0 Å². The standard InChI is InChI=1S/C28H26BrClN2O/c1-28(2)16-25-24(26(33)17-28)18-31(23-10-6-7-21(30)15-23)27(19-11-13-20(29)14-12-19)32(25)22-8-4-3-5-9-22/h3-15,27H,16-18H2,1-2H3. The Morgan fingerprint density at radius 3 is 2.30 bits per heavy atom. The van der Waals surface area contributed by atoms with E-state index in [-0.39, 0.29) is 17.4 Å². The van der Waals surface area contributed by atoms with E-state index < -0.39 is 0 Å². The predicted molar refractivity (Wildman–Crippen MR) is 140 cm³/mol. The number of halogens is 2. The molecule has 1 unspecified atom stereocenters. The lowest BCUT2D eigenvalue weighted by molar-refractivity contribution is -0.118. The van der Waals surface area contributed by atoms with E-state index in [9.17, 15) is 4.79 Å². The summed E-state index contributed by atoms with van der Waals surface area (Å²) < 4.78 is 1.04. The molecule has 3 nitrogen and oxygen atoms in total. The van der Waals surface area contributed by atoms with E-state index in [1.807, 2.05) is 24.3 Å². The third-order valence-corrected chi connectivity index (χ3v) is 7.24. The highest BCUT2D eigenvalue weighted by Gasteiger charge is 2.43. The van der Waals surface area contributed by atoms with Crippen LogP contribution in [0.3, 0.4) is 0 Å². The molecule has 5 rings (SSSR count). The van der Waals surface area contributed by atoms with E-state index in [0.29, 0.717) is 18.0 Å². The number of nitrogens with zero attached hydrogens (tertiary/aromatic N) is 2. The van der Waals surface area contributed by atoms with Gasteiger partial charge in [0, 0.05) is 38.6 Å². The van der Waals surface area contributed by atoms with Crippen molar-refractivity contribution in [2.45, 2.75) is 32.9 Å². The molecule has 3 aromatic rings. The lowest BCUT2D eigenvalue weighted by Crippen LogP contribution is -2.51. The minimum Gasteiger partial charge on any atom is -0.342 e. The zero-order valence-electron chi connectivity index (χ0n) is 18.8. The van der Waals surface area contributed by atoms with Gasteiger partial charge < -0.3 is 9.80 Å². The van der Waals surface area contributed by atoms with Crippen LogP contribution in [-0.2, 0) is 4.79 Å². The Bertz CT molecular complexity index is 1220. The number of carbonyl (C=O) groups is 1. The Hall–Kier alpha value is -2.56. The van der Waals surface area contributed by atoms with Crippen molar-refractivity contribution in [1.29, 1.82) is 0 Å². The van der Waals surface area contributed by atoms with E-state index in [4.69, 9.17) is 11.6 Å². The maximum atomic E-state index is 13.4. The third kappa shape index (κ3) is 4.34. The van der Waals surface area contributed by atoms with Gasteiger partial charge in [-0.25, -0.2) is 0 Å². The van der Waals surface area contributed by atoms with Crippen molar-refractivity contribution >= 4 is 44.7 Å². The number of Topliss-reactive ketones (excluding diaryl/α,β-unsaturated/α-hetero) is 1. The molecule has 5 heteroatoms. The summed E-state index contributed by atoms with van der Waals surface area (Å²) in [6.07, 6.45) is 1.32. The van der Waals surface area contributed by atoms with Crippen LogP contribution in [-0.4, -0.2) is 12.3 Å². The minimum atomic E-state index is -0.112. The third-order valence-electron chi connectivity index (χ3n) is 6.47. The molecule has 0 saturated carbocycles. The van der Waals surface area contributed by atoms with Crippen molar-refractivity contribution < 1.29 is 4.79 Å². The van der Waals surface area contributed by atoms with Crippen LogP contribution in [0.15, 0.2) is 94.6 Å². The van der Waals surface area contributed by atoms with Gasteiger partial charge in [0.2, 0.25) is 0 Å². The predicted octanol–water partition coefficient (Wildman–Crippen LogP) is 7.77. The average Bonchev–Trinajstić information content (AvgIpc) is 2.78. The molecule has 0 N–H and O–H groups in total. The van der Waals surface area contributed by atoms with Gasteiger partial charge >= 0.3 is 0 Å². The van der Waals surface area contributed by atoms with Crippen LogP contribution in [0.4, 0.5) is 11.4 Å². The molecule has 0 fully saturated rings. The molecule has 1 heterocycles. The van der Waals surface area contributed by atoms with Crippen LogP contribution in [0, 0.1) is 5.41 Å². The summed E-state index contributed by atoms with van der Waals surface area (Å²) in [5.74, 6) is 0.239. The Balaban J connectivity index is 1.76. The molecule has 0 saturated heterocycles. The van der Waals surface area contributed by atoms with Crippen molar-refractivity contribution in [3.63, 3.8) is 0 Å². The Labute approximate surface area is 208 Å². The highest BCUT2D eigenvalue weighted by molar-refractivity contribution is 9.10. The van der Waals surface area contributed by atoms with Crippen molar-refractivity contribution in [3.05, 3.63) is 105 Å². The van der Waals surface area contributed by atoms with Crippen LogP contribution in [0.5, 0.6) is 0 Å². The summed E-state index contributed by atoms with van der Waals surface area (Å²) in [4.78, 5) is 18.1. The molecule has 1 aliphatic carbocycles. The highest BCUT2D eigenvalue weighted by atomic mass is 79.9. The number of carbonyl (C=O) groups excluding carboxylic acids is 1. The molecule has 168 valence electrons. The van der Waals surface area contributed by atoms with E-state index in [2.05, 4.69) is 94.2 Å². The van der Waals surface area contributed by atoms with E-state index in [1.165, 1.54) is 0 Å². The van der Waals surface area contributed by atoms with Crippen LogP contribution in [0.2, 0.25) is 5.02 Å². The first kappa shape index (κ1) is 22.2. The summed E-state index contributed by atoms with van der Waals surface area (Å²) in [6, 6.07) is 26.8. The van der Waals surface area contributed by atoms with E-state index in [0.717, 1.165) is 39.1 Å². The van der Waals surface area contributed by atoms with E-state index >= 15 is 0 Å². The number of ketones is 1. The summed E-state index contributed by atoms with van der Waals surface area (Å²) in [6.45, 7) is 4.94. The van der Waals surface area contributed by atoms with Crippen molar-refractivity contribution in [2.75, 3.05) is 16.3 Å². The van der Waals surface area contributed by atoms with Gasteiger partial charge in [0.1, 0.15) is 6.17 Å². The Morgan fingerprint density at radius 1 is 0.909 bits per heavy atom. The minimum absolute atomic E-state index is 0.0779. The van der Waals surface area contributed by atoms with Gasteiger partial charge in [0.15, 0.2) is 5.78 Å².